The van der Waals surface area contributed by atoms with E-state index < -0.39 is 0 Å². The predicted molar refractivity (Wildman–Crippen MR) is 112 cm³/mol. The molecule has 4 aromatic rings. The summed E-state index contributed by atoms with van der Waals surface area (Å²) in [6, 6.07) is 13.7. The van der Waals surface area contributed by atoms with Crippen LogP contribution in [0.15, 0.2) is 57.4 Å². The summed E-state index contributed by atoms with van der Waals surface area (Å²) in [5.41, 5.74) is 0.824. The molecule has 3 aromatic heterocycles. The first-order valence-electron chi connectivity index (χ1n) is 8.91. The van der Waals surface area contributed by atoms with E-state index in [0.717, 1.165) is 34.1 Å². The van der Waals surface area contributed by atoms with Crippen molar-refractivity contribution in [3.63, 3.8) is 0 Å². The standard InChI is InChI=1S/C20H20N4O2S2/c1-13(17-10-14-6-3-4-8-16(14)26-17)21-19(25)12-28-20-23-22-18(24(20)2)11-15-7-5-9-27-15/h3-10,13H,11-12H2,1-2H3,(H,21,25)/t13-/m0/s1. The van der Waals surface area contributed by atoms with Crippen molar-refractivity contribution < 1.29 is 9.21 Å². The first-order chi connectivity index (χ1) is 13.6. The largest absolute Gasteiger partial charge is 0.459 e. The molecule has 1 amide bonds. The van der Waals surface area contributed by atoms with Gasteiger partial charge in [-0.2, -0.15) is 0 Å². The van der Waals surface area contributed by atoms with Gasteiger partial charge in [0.25, 0.3) is 0 Å². The number of hydrogen-bond acceptors (Lipinski definition) is 6. The van der Waals surface area contributed by atoms with Gasteiger partial charge in [-0.15, -0.1) is 21.5 Å². The van der Waals surface area contributed by atoms with Crippen LogP contribution in [0.1, 0.15) is 29.4 Å². The minimum atomic E-state index is -0.200. The smallest absolute Gasteiger partial charge is 0.231 e. The van der Waals surface area contributed by atoms with Crippen LogP contribution < -0.4 is 5.32 Å². The van der Waals surface area contributed by atoms with Crippen molar-refractivity contribution in [2.24, 2.45) is 7.05 Å². The first kappa shape index (κ1) is 18.8. The molecule has 0 aliphatic rings. The summed E-state index contributed by atoms with van der Waals surface area (Å²) in [5, 5.41) is 15.3. The molecule has 3 heterocycles. The normalized spacial score (nSPS) is 12.4. The number of thiophene rings is 1. The van der Waals surface area contributed by atoms with Crippen molar-refractivity contribution in [1.82, 2.24) is 20.1 Å². The monoisotopic (exact) mass is 412 g/mol. The number of aromatic nitrogens is 3. The predicted octanol–water partition coefficient (Wildman–Crippen LogP) is 4.18. The van der Waals surface area contributed by atoms with E-state index in [1.807, 2.05) is 54.9 Å². The topological polar surface area (TPSA) is 73.0 Å². The molecule has 0 unspecified atom stereocenters. The molecule has 8 heteroatoms. The van der Waals surface area contributed by atoms with E-state index in [9.17, 15) is 4.79 Å². The molecule has 28 heavy (non-hydrogen) atoms. The van der Waals surface area contributed by atoms with Gasteiger partial charge in [-0.05, 0) is 30.5 Å². The minimum absolute atomic E-state index is 0.0687. The summed E-state index contributed by atoms with van der Waals surface area (Å²) >= 11 is 3.08. The molecule has 0 radical (unpaired) electrons. The second kappa shape index (κ2) is 8.20. The Kier molecular flexibility index (Phi) is 5.50. The van der Waals surface area contributed by atoms with Crippen molar-refractivity contribution in [2.75, 3.05) is 5.75 Å². The number of furan rings is 1. The van der Waals surface area contributed by atoms with E-state index in [0.29, 0.717) is 0 Å². The second-order valence-electron chi connectivity index (χ2n) is 6.48. The van der Waals surface area contributed by atoms with Gasteiger partial charge in [0, 0.05) is 23.7 Å². The van der Waals surface area contributed by atoms with Crippen LogP contribution in [0.3, 0.4) is 0 Å². The number of carbonyl (C=O) groups is 1. The molecule has 0 spiro atoms. The van der Waals surface area contributed by atoms with Crippen LogP contribution in [0.5, 0.6) is 0 Å². The number of carbonyl (C=O) groups excluding carboxylic acids is 1. The summed E-state index contributed by atoms with van der Waals surface area (Å²) in [4.78, 5) is 13.6. The number of benzene rings is 1. The van der Waals surface area contributed by atoms with Gasteiger partial charge in [0.1, 0.15) is 17.2 Å². The lowest BCUT2D eigenvalue weighted by Crippen LogP contribution is -2.28. The molecule has 1 atom stereocenters. The fourth-order valence-corrected chi connectivity index (χ4v) is 4.34. The molecule has 144 valence electrons. The van der Waals surface area contributed by atoms with Crippen LogP contribution in [0.25, 0.3) is 11.0 Å². The average molecular weight is 413 g/mol. The van der Waals surface area contributed by atoms with Gasteiger partial charge in [-0.25, -0.2) is 0 Å². The van der Waals surface area contributed by atoms with Crippen molar-refractivity contribution >= 4 is 40.0 Å². The summed E-state index contributed by atoms with van der Waals surface area (Å²) in [6.45, 7) is 1.92. The Balaban J connectivity index is 1.33. The van der Waals surface area contributed by atoms with E-state index in [2.05, 4.69) is 27.0 Å². The molecule has 0 bridgehead atoms. The fourth-order valence-electron chi connectivity index (χ4n) is 2.89. The lowest BCUT2D eigenvalue weighted by molar-refractivity contribution is -0.119. The maximum Gasteiger partial charge on any atom is 0.231 e. The average Bonchev–Trinajstić information content (AvgIpc) is 3.42. The fraction of sp³-hybridized carbons (Fsp3) is 0.250. The van der Waals surface area contributed by atoms with Gasteiger partial charge in [-0.3, -0.25) is 4.79 Å². The molecule has 4 rings (SSSR count). The lowest BCUT2D eigenvalue weighted by atomic mass is 10.2. The molecule has 0 saturated heterocycles. The van der Waals surface area contributed by atoms with Crippen LogP contribution in [0.4, 0.5) is 0 Å². The van der Waals surface area contributed by atoms with E-state index in [-0.39, 0.29) is 17.7 Å². The molecule has 1 N–H and O–H groups in total. The Bertz CT molecular complexity index is 1050. The molecule has 0 aliphatic heterocycles. The third-order valence-corrected chi connectivity index (χ3v) is 6.32. The zero-order valence-corrected chi connectivity index (χ0v) is 17.2. The number of para-hydroxylation sites is 1. The Morgan fingerprint density at radius 3 is 2.93 bits per heavy atom. The van der Waals surface area contributed by atoms with Crippen LogP contribution >= 0.6 is 23.1 Å². The summed E-state index contributed by atoms with van der Waals surface area (Å²) in [5.74, 6) is 1.84. The Labute approximate surface area is 171 Å². The number of nitrogens with one attached hydrogen (secondary N) is 1. The quantitative estimate of drug-likeness (QED) is 0.461. The molecule has 1 aromatic carbocycles. The van der Waals surface area contributed by atoms with Gasteiger partial charge < -0.3 is 14.3 Å². The highest BCUT2D eigenvalue weighted by Gasteiger charge is 2.16. The molecular formula is C20H20N4O2S2. The number of fused-ring (bicyclic) bond motifs is 1. The van der Waals surface area contributed by atoms with Gasteiger partial charge in [-0.1, -0.05) is 36.0 Å². The van der Waals surface area contributed by atoms with Gasteiger partial charge >= 0.3 is 0 Å². The highest BCUT2D eigenvalue weighted by Crippen LogP contribution is 2.24. The Morgan fingerprint density at radius 1 is 1.29 bits per heavy atom. The summed E-state index contributed by atoms with van der Waals surface area (Å²) < 4.78 is 7.76. The highest BCUT2D eigenvalue weighted by molar-refractivity contribution is 7.99. The van der Waals surface area contributed by atoms with Crippen LogP contribution in [-0.2, 0) is 18.3 Å². The van der Waals surface area contributed by atoms with E-state index in [4.69, 9.17) is 4.42 Å². The van der Waals surface area contributed by atoms with E-state index in [1.165, 1.54) is 16.6 Å². The third kappa shape index (κ3) is 4.13. The van der Waals surface area contributed by atoms with E-state index in [1.54, 1.807) is 11.3 Å². The Morgan fingerprint density at radius 2 is 2.14 bits per heavy atom. The van der Waals surface area contributed by atoms with E-state index >= 15 is 0 Å². The molecule has 0 aliphatic carbocycles. The first-order valence-corrected chi connectivity index (χ1v) is 10.8. The number of nitrogens with zero attached hydrogens (tertiary/aromatic N) is 3. The zero-order valence-electron chi connectivity index (χ0n) is 15.6. The zero-order chi connectivity index (χ0) is 19.5. The lowest BCUT2D eigenvalue weighted by Gasteiger charge is -2.11. The molecule has 0 fully saturated rings. The maximum absolute atomic E-state index is 12.4. The summed E-state index contributed by atoms with van der Waals surface area (Å²) in [6.07, 6.45) is 0.747. The number of thioether (sulfide) groups is 1. The second-order valence-corrected chi connectivity index (χ2v) is 8.45. The van der Waals surface area contributed by atoms with Gasteiger partial charge in [0.2, 0.25) is 5.91 Å². The summed E-state index contributed by atoms with van der Waals surface area (Å²) in [7, 11) is 1.93. The highest BCUT2D eigenvalue weighted by atomic mass is 32.2. The maximum atomic E-state index is 12.4. The SMILES string of the molecule is C[C@H](NC(=O)CSc1nnc(Cc2cccs2)n1C)c1cc2ccccc2o1. The number of hydrogen-bond donors (Lipinski definition) is 1. The molecule has 6 nitrogen and oxygen atoms in total. The van der Waals surface area contributed by atoms with Crippen molar-refractivity contribution in [3.8, 4) is 0 Å². The van der Waals surface area contributed by atoms with Crippen molar-refractivity contribution in [3.05, 3.63) is 64.3 Å². The molecule has 0 saturated carbocycles. The van der Waals surface area contributed by atoms with Crippen LogP contribution in [0, 0.1) is 0 Å². The van der Waals surface area contributed by atoms with Crippen LogP contribution in [-0.4, -0.2) is 26.4 Å². The van der Waals surface area contributed by atoms with Gasteiger partial charge in [0.15, 0.2) is 5.16 Å². The number of rotatable bonds is 7. The minimum Gasteiger partial charge on any atom is -0.459 e. The van der Waals surface area contributed by atoms with Gasteiger partial charge in [0.05, 0.1) is 11.8 Å². The van der Waals surface area contributed by atoms with Crippen molar-refractivity contribution in [2.45, 2.75) is 24.5 Å². The van der Waals surface area contributed by atoms with Crippen molar-refractivity contribution in [1.29, 1.82) is 0 Å². The number of amides is 1. The Hall–Kier alpha value is -2.58. The molecular weight excluding hydrogens is 392 g/mol. The third-order valence-electron chi connectivity index (χ3n) is 4.42. The van der Waals surface area contributed by atoms with Crippen LogP contribution in [0.2, 0.25) is 0 Å².